The first kappa shape index (κ1) is 25.7. The van der Waals surface area contributed by atoms with Gasteiger partial charge in [-0.15, -0.1) is 0 Å². The largest absolute Gasteiger partial charge is 0.447 e. The molecule has 0 aliphatic carbocycles. The molecule has 2 atom stereocenters. The lowest BCUT2D eigenvalue weighted by atomic mass is 10.1. The number of urea groups is 1. The molecule has 1 heterocycles. The van der Waals surface area contributed by atoms with Crippen molar-refractivity contribution in [3.05, 3.63) is 65.9 Å². The number of fused-ring (bicyclic) bond motifs is 1. The number of amides is 3. The van der Waals surface area contributed by atoms with Crippen molar-refractivity contribution in [1.29, 1.82) is 0 Å². The number of carbonyl (C=O) groups is 2. The number of nitrogens with zero attached hydrogens (tertiary/aromatic N) is 3. The fraction of sp³-hybridized carbons (Fsp3) is 0.304. The molecule has 3 amide bonds. The van der Waals surface area contributed by atoms with E-state index in [9.17, 15) is 28.6 Å². The Bertz CT molecular complexity index is 1180. The molecule has 35 heavy (non-hydrogen) atoms. The van der Waals surface area contributed by atoms with E-state index in [1.165, 1.54) is 25.4 Å². The number of rotatable bonds is 9. The summed E-state index contributed by atoms with van der Waals surface area (Å²) in [5.74, 6) is -2.09. The van der Waals surface area contributed by atoms with E-state index >= 15 is 0 Å². The zero-order chi connectivity index (χ0) is 25.4. The number of carbonyl (C=O) groups excluding carboxylic acids is 2. The number of ether oxygens (including phenoxy) is 1. The normalized spacial score (nSPS) is 12.6. The minimum absolute atomic E-state index is 0.0175. The lowest BCUT2D eigenvalue weighted by molar-refractivity contribution is 0.0480. The Morgan fingerprint density at radius 2 is 1.94 bits per heavy atom. The molecular formula is C23H25F2N5O5. The number of aliphatic hydroxyl groups excluding tert-OH is 2. The highest BCUT2D eigenvalue weighted by Gasteiger charge is 2.25. The van der Waals surface area contributed by atoms with Crippen LogP contribution in [0.1, 0.15) is 12.0 Å². The smallest absolute Gasteiger partial charge is 0.414 e. The van der Waals surface area contributed by atoms with Gasteiger partial charge in [0.2, 0.25) is 5.95 Å². The predicted molar refractivity (Wildman–Crippen MR) is 122 cm³/mol. The van der Waals surface area contributed by atoms with Gasteiger partial charge < -0.3 is 25.2 Å². The van der Waals surface area contributed by atoms with Gasteiger partial charge in [-0.1, -0.05) is 30.3 Å². The summed E-state index contributed by atoms with van der Waals surface area (Å²) in [5.41, 5.74) is 0.567. The topological polar surface area (TPSA) is 137 Å². The van der Waals surface area contributed by atoms with Gasteiger partial charge in [-0.3, -0.25) is 5.32 Å². The molecule has 0 aliphatic heterocycles. The SMILES string of the molecule is CN(C(=O)NCc1cccc(F)c1F)[C@H](COC(=O)Nc1ncc2ccccc2n1)CC(O)CO. The molecule has 0 saturated carbocycles. The van der Waals surface area contributed by atoms with Crippen molar-refractivity contribution < 1.29 is 33.3 Å². The second kappa shape index (κ2) is 12.0. The molecule has 3 rings (SSSR count). The number of benzene rings is 2. The maximum absolute atomic E-state index is 13.8. The second-order valence-corrected chi connectivity index (χ2v) is 7.68. The molecule has 1 unspecified atom stereocenters. The van der Waals surface area contributed by atoms with Gasteiger partial charge in [-0.25, -0.2) is 28.3 Å². The van der Waals surface area contributed by atoms with Crippen molar-refractivity contribution in [2.75, 3.05) is 25.6 Å². The Labute approximate surface area is 199 Å². The van der Waals surface area contributed by atoms with Crippen LogP contribution < -0.4 is 10.6 Å². The molecule has 3 aromatic rings. The van der Waals surface area contributed by atoms with Crippen LogP contribution in [0.15, 0.2) is 48.7 Å². The summed E-state index contributed by atoms with van der Waals surface area (Å²) in [6.07, 6.45) is -0.655. The average Bonchev–Trinajstić information content (AvgIpc) is 2.86. The van der Waals surface area contributed by atoms with E-state index in [0.717, 1.165) is 16.4 Å². The first-order valence-corrected chi connectivity index (χ1v) is 10.7. The molecule has 0 spiro atoms. The van der Waals surface area contributed by atoms with E-state index in [-0.39, 0.29) is 31.1 Å². The molecule has 0 fully saturated rings. The number of nitrogens with one attached hydrogen (secondary N) is 2. The molecule has 0 aliphatic rings. The molecule has 186 valence electrons. The lowest BCUT2D eigenvalue weighted by Crippen LogP contribution is -2.47. The first-order valence-electron chi connectivity index (χ1n) is 10.7. The van der Waals surface area contributed by atoms with Gasteiger partial charge in [0.1, 0.15) is 6.61 Å². The fourth-order valence-electron chi connectivity index (χ4n) is 3.20. The quantitative estimate of drug-likeness (QED) is 0.362. The first-order chi connectivity index (χ1) is 16.8. The van der Waals surface area contributed by atoms with Gasteiger partial charge in [0.15, 0.2) is 11.6 Å². The van der Waals surface area contributed by atoms with Crippen LogP contribution >= 0.6 is 0 Å². The second-order valence-electron chi connectivity index (χ2n) is 7.68. The van der Waals surface area contributed by atoms with Gasteiger partial charge in [0.05, 0.1) is 24.3 Å². The molecule has 0 radical (unpaired) electrons. The molecule has 1 aromatic heterocycles. The number of para-hydroxylation sites is 1. The predicted octanol–water partition coefficient (Wildman–Crippen LogP) is 2.41. The Hall–Kier alpha value is -3.90. The van der Waals surface area contributed by atoms with Crippen molar-refractivity contribution in [2.45, 2.75) is 25.1 Å². The molecule has 12 heteroatoms. The van der Waals surface area contributed by atoms with Crippen LogP contribution in [0.25, 0.3) is 10.9 Å². The van der Waals surface area contributed by atoms with Crippen LogP contribution in [0.5, 0.6) is 0 Å². The third-order valence-electron chi connectivity index (χ3n) is 5.19. The maximum Gasteiger partial charge on any atom is 0.414 e. The average molecular weight is 489 g/mol. The zero-order valence-electron chi connectivity index (χ0n) is 18.8. The van der Waals surface area contributed by atoms with E-state index in [1.54, 1.807) is 12.1 Å². The molecule has 10 nitrogen and oxygen atoms in total. The van der Waals surface area contributed by atoms with Crippen LogP contribution in [0.4, 0.5) is 24.3 Å². The van der Waals surface area contributed by atoms with E-state index < -0.39 is 42.5 Å². The number of hydrogen-bond acceptors (Lipinski definition) is 7. The van der Waals surface area contributed by atoms with Crippen LogP contribution in [0.3, 0.4) is 0 Å². The number of hydrogen-bond donors (Lipinski definition) is 4. The van der Waals surface area contributed by atoms with Gasteiger partial charge in [0.25, 0.3) is 0 Å². The minimum atomic E-state index is -1.19. The molecule has 4 N–H and O–H groups in total. The zero-order valence-corrected chi connectivity index (χ0v) is 18.8. The van der Waals surface area contributed by atoms with Crippen molar-refractivity contribution in [2.24, 2.45) is 0 Å². The van der Waals surface area contributed by atoms with Gasteiger partial charge in [0, 0.05) is 30.7 Å². The van der Waals surface area contributed by atoms with Crippen molar-refractivity contribution in [3.8, 4) is 0 Å². The summed E-state index contributed by atoms with van der Waals surface area (Å²) in [6, 6.07) is 9.26. The summed E-state index contributed by atoms with van der Waals surface area (Å²) in [5, 5.41) is 24.7. The highest BCUT2D eigenvalue weighted by molar-refractivity contribution is 5.85. The number of aromatic nitrogens is 2. The summed E-state index contributed by atoms with van der Waals surface area (Å²) >= 11 is 0. The number of likely N-dealkylation sites (N-methyl/N-ethyl adjacent to an activating group) is 1. The third kappa shape index (κ3) is 7.04. The van der Waals surface area contributed by atoms with Crippen molar-refractivity contribution in [1.82, 2.24) is 20.2 Å². The molecular weight excluding hydrogens is 464 g/mol. The Morgan fingerprint density at radius 1 is 1.17 bits per heavy atom. The van der Waals surface area contributed by atoms with E-state index in [2.05, 4.69) is 20.6 Å². The van der Waals surface area contributed by atoms with Gasteiger partial charge in [-0.2, -0.15) is 0 Å². The van der Waals surface area contributed by atoms with Crippen LogP contribution in [-0.4, -0.2) is 69.6 Å². The molecule has 0 saturated heterocycles. The van der Waals surface area contributed by atoms with Crippen molar-refractivity contribution in [3.63, 3.8) is 0 Å². The summed E-state index contributed by atoms with van der Waals surface area (Å²) < 4.78 is 32.4. The number of aliphatic hydroxyl groups is 2. The van der Waals surface area contributed by atoms with Crippen LogP contribution in [-0.2, 0) is 11.3 Å². The third-order valence-corrected chi connectivity index (χ3v) is 5.19. The van der Waals surface area contributed by atoms with E-state index in [0.29, 0.717) is 5.52 Å². The lowest BCUT2D eigenvalue weighted by Gasteiger charge is -2.29. The van der Waals surface area contributed by atoms with Gasteiger partial charge >= 0.3 is 12.1 Å². The monoisotopic (exact) mass is 489 g/mol. The summed E-state index contributed by atoms with van der Waals surface area (Å²) in [7, 11) is 1.37. The van der Waals surface area contributed by atoms with Crippen LogP contribution in [0.2, 0.25) is 0 Å². The maximum atomic E-state index is 13.8. The van der Waals surface area contributed by atoms with Crippen LogP contribution in [0, 0.1) is 11.6 Å². The van der Waals surface area contributed by atoms with E-state index in [1.807, 2.05) is 12.1 Å². The molecule has 2 aromatic carbocycles. The summed E-state index contributed by atoms with van der Waals surface area (Å²) in [4.78, 5) is 34.2. The minimum Gasteiger partial charge on any atom is -0.447 e. The Morgan fingerprint density at radius 3 is 2.71 bits per heavy atom. The fourth-order valence-corrected chi connectivity index (χ4v) is 3.20. The Balaban J connectivity index is 1.59. The molecule has 0 bridgehead atoms. The number of halogens is 2. The standard InChI is InChI=1S/C23H25F2N5O5/c1-30(22(33)27-11-15-6-4-7-18(24)20(15)25)16(9-17(32)12-31)13-35-23(34)29-21-26-10-14-5-2-3-8-19(14)28-21/h2-8,10,16-17,31-32H,9,11-13H2,1H3,(H,27,33)(H,26,28,29,34)/t16-,17?/m0/s1. The van der Waals surface area contributed by atoms with E-state index in [4.69, 9.17) is 4.74 Å². The van der Waals surface area contributed by atoms with Crippen molar-refractivity contribution >= 4 is 29.0 Å². The van der Waals surface area contributed by atoms with Gasteiger partial charge in [-0.05, 0) is 18.6 Å². The number of anilines is 1. The Kier molecular flexibility index (Phi) is 8.81. The highest BCUT2D eigenvalue weighted by Crippen LogP contribution is 2.14. The highest BCUT2D eigenvalue weighted by atomic mass is 19.2. The summed E-state index contributed by atoms with van der Waals surface area (Å²) in [6.45, 7) is -1.20.